The molecule has 1 unspecified atom stereocenters. The van der Waals surface area contributed by atoms with Crippen LogP contribution in [0.3, 0.4) is 0 Å². The lowest BCUT2D eigenvalue weighted by molar-refractivity contribution is 0.190. The first kappa shape index (κ1) is 13.0. The van der Waals surface area contributed by atoms with Gasteiger partial charge in [-0.15, -0.1) is 0 Å². The maximum atomic E-state index is 5.74. The van der Waals surface area contributed by atoms with Gasteiger partial charge in [0.15, 0.2) is 0 Å². The van der Waals surface area contributed by atoms with Crippen LogP contribution in [-0.2, 0) is 4.74 Å². The second-order valence-electron chi connectivity index (χ2n) is 4.53. The standard InChI is InChI=1S/C14H22N2O2/c1-3-8-18-13-6-4-5-12-14(13)15-10-11(16-12)7-9-17-2/h4-6,11,15-16H,3,7-10H2,1-2H3. The third kappa shape index (κ3) is 3.07. The number of fused-ring (bicyclic) bond motifs is 1. The van der Waals surface area contributed by atoms with Crippen molar-refractivity contribution in [3.8, 4) is 5.75 Å². The van der Waals surface area contributed by atoms with Crippen LogP contribution < -0.4 is 15.4 Å². The van der Waals surface area contributed by atoms with Gasteiger partial charge < -0.3 is 20.1 Å². The number of benzene rings is 1. The summed E-state index contributed by atoms with van der Waals surface area (Å²) in [6, 6.07) is 6.54. The minimum absolute atomic E-state index is 0.416. The van der Waals surface area contributed by atoms with Crippen molar-refractivity contribution in [1.82, 2.24) is 0 Å². The van der Waals surface area contributed by atoms with Crippen molar-refractivity contribution < 1.29 is 9.47 Å². The maximum Gasteiger partial charge on any atom is 0.144 e. The van der Waals surface area contributed by atoms with Crippen LogP contribution in [-0.4, -0.2) is 32.9 Å². The summed E-state index contributed by atoms with van der Waals surface area (Å²) in [6.45, 7) is 4.55. The molecule has 0 bridgehead atoms. The van der Waals surface area contributed by atoms with E-state index in [1.165, 1.54) is 0 Å². The maximum absolute atomic E-state index is 5.74. The zero-order valence-electron chi connectivity index (χ0n) is 11.2. The van der Waals surface area contributed by atoms with Gasteiger partial charge in [-0.1, -0.05) is 13.0 Å². The molecule has 0 saturated heterocycles. The number of rotatable bonds is 6. The molecule has 0 aromatic heterocycles. The number of methoxy groups -OCH3 is 1. The third-order valence-electron chi connectivity index (χ3n) is 3.04. The van der Waals surface area contributed by atoms with E-state index in [1.54, 1.807) is 7.11 Å². The summed E-state index contributed by atoms with van der Waals surface area (Å²) in [6.07, 6.45) is 2.02. The Morgan fingerprint density at radius 1 is 1.33 bits per heavy atom. The lowest BCUT2D eigenvalue weighted by Crippen LogP contribution is -2.34. The van der Waals surface area contributed by atoms with E-state index in [-0.39, 0.29) is 0 Å². The Hall–Kier alpha value is -1.42. The van der Waals surface area contributed by atoms with Crippen molar-refractivity contribution in [2.45, 2.75) is 25.8 Å². The molecule has 0 spiro atoms. The third-order valence-corrected chi connectivity index (χ3v) is 3.04. The molecule has 1 aliphatic heterocycles. The molecule has 1 aliphatic rings. The molecule has 4 heteroatoms. The molecule has 2 rings (SSSR count). The zero-order valence-corrected chi connectivity index (χ0v) is 11.2. The average Bonchev–Trinajstić information content (AvgIpc) is 2.42. The predicted octanol–water partition coefficient (Wildman–Crippen LogP) is 2.72. The minimum Gasteiger partial charge on any atom is -0.491 e. The molecule has 1 aromatic carbocycles. The van der Waals surface area contributed by atoms with Crippen molar-refractivity contribution in [1.29, 1.82) is 0 Å². The Morgan fingerprint density at radius 2 is 2.22 bits per heavy atom. The molecule has 0 amide bonds. The van der Waals surface area contributed by atoms with E-state index in [1.807, 2.05) is 12.1 Å². The monoisotopic (exact) mass is 250 g/mol. The van der Waals surface area contributed by atoms with Crippen LogP contribution in [0, 0.1) is 0 Å². The van der Waals surface area contributed by atoms with E-state index in [0.717, 1.165) is 49.7 Å². The molecule has 1 aromatic rings. The Morgan fingerprint density at radius 3 is 3.00 bits per heavy atom. The Bertz CT molecular complexity index is 382. The SMILES string of the molecule is CCCOc1cccc2c1NCC(CCOC)N2. The van der Waals surface area contributed by atoms with E-state index in [4.69, 9.17) is 9.47 Å². The first-order valence-corrected chi connectivity index (χ1v) is 6.60. The van der Waals surface area contributed by atoms with E-state index in [0.29, 0.717) is 6.04 Å². The minimum atomic E-state index is 0.416. The smallest absolute Gasteiger partial charge is 0.144 e. The van der Waals surface area contributed by atoms with Crippen molar-refractivity contribution in [2.75, 3.05) is 37.5 Å². The fraction of sp³-hybridized carbons (Fsp3) is 0.571. The van der Waals surface area contributed by atoms with Crippen LogP contribution in [0.15, 0.2) is 18.2 Å². The van der Waals surface area contributed by atoms with Gasteiger partial charge >= 0.3 is 0 Å². The van der Waals surface area contributed by atoms with Crippen LogP contribution in [0.2, 0.25) is 0 Å². The summed E-state index contributed by atoms with van der Waals surface area (Å²) in [5.41, 5.74) is 2.20. The molecule has 100 valence electrons. The van der Waals surface area contributed by atoms with E-state index in [9.17, 15) is 0 Å². The molecule has 1 atom stereocenters. The van der Waals surface area contributed by atoms with Crippen LogP contribution >= 0.6 is 0 Å². The van der Waals surface area contributed by atoms with E-state index in [2.05, 4.69) is 23.6 Å². The molecule has 4 nitrogen and oxygen atoms in total. The van der Waals surface area contributed by atoms with Crippen molar-refractivity contribution in [3.63, 3.8) is 0 Å². The van der Waals surface area contributed by atoms with Crippen molar-refractivity contribution >= 4 is 11.4 Å². The van der Waals surface area contributed by atoms with E-state index >= 15 is 0 Å². The van der Waals surface area contributed by atoms with Crippen LogP contribution in [0.1, 0.15) is 19.8 Å². The molecule has 1 heterocycles. The fourth-order valence-corrected chi connectivity index (χ4v) is 2.10. The lowest BCUT2D eigenvalue weighted by Gasteiger charge is -2.29. The van der Waals surface area contributed by atoms with Gasteiger partial charge in [-0.25, -0.2) is 0 Å². The van der Waals surface area contributed by atoms with Gasteiger partial charge in [0.25, 0.3) is 0 Å². The van der Waals surface area contributed by atoms with Crippen LogP contribution in [0.25, 0.3) is 0 Å². The normalized spacial score (nSPS) is 17.6. The van der Waals surface area contributed by atoms with Crippen LogP contribution in [0.5, 0.6) is 5.75 Å². The number of hydrogen-bond acceptors (Lipinski definition) is 4. The van der Waals surface area contributed by atoms with Gasteiger partial charge in [0.2, 0.25) is 0 Å². The van der Waals surface area contributed by atoms with Gasteiger partial charge in [-0.05, 0) is 25.0 Å². The van der Waals surface area contributed by atoms with Gasteiger partial charge in [0.05, 0.1) is 12.3 Å². The molecule has 0 fully saturated rings. The summed E-state index contributed by atoms with van der Waals surface area (Å²) in [5, 5.41) is 6.98. The predicted molar refractivity (Wildman–Crippen MR) is 74.6 cm³/mol. The lowest BCUT2D eigenvalue weighted by atomic mass is 10.1. The molecule has 2 N–H and O–H groups in total. The fourth-order valence-electron chi connectivity index (χ4n) is 2.10. The van der Waals surface area contributed by atoms with Crippen LogP contribution in [0.4, 0.5) is 11.4 Å². The average molecular weight is 250 g/mol. The number of hydrogen-bond donors (Lipinski definition) is 2. The number of anilines is 2. The summed E-state index contributed by atoms with van der Waals surface area (Å²) in [4.78, 5) is 0. The molecule has 18 heavy (non-hydrogen) atoms. The van der Waals surface area contributed by atoms with Gasteiger partial charge in [-0.3, -0.25) is 0 Å². The highest BCUT2D eigenvalue weighted by Crippen LogP contribution is 2.35. The Labute approximate surface area is 109 Å². The first-order valence-electron chi connectivity index (χ1n) is 6.60. The second kappa shape index (κ2) is 6.50. The van der Waals surface area contributed by atoms with Crippen molar-refractivity contribution in [3.05, 3.63) is 18.2 Å². The highest BCUT2D eigenvalue weighted by atomic mass is 16.5. The zero-order chi connectivity index (χ0) is 12.8. The van der Waals surface area contributed by atoms with E-state index < -0.39 is 0 Å². The molecule has 0 aliphatic carbocycles. The summed E-state index contributed by atoms with van der Waals surface area (Å²) >= 11 is 0. The van der Waals surface area contributed by atoms with Gasteiger partial charge in [0.1, 0.15) is 11.4 Å². The number of para-hydroxylation sites is 1. The number of nitrogens with one attached hydrogen (secondary N) is 2. The topological polar surface area (TPSA) is 42.5 Å². The summed E-state index contributed by atoms with van der Waals surface area (Å²) in [7, 11) is 1.74. The molecule has 0 radical (unpaired) electrons. The molecule has 0 saturated carbocycles. The Kier molecular flexibility index (Phi) is 4.70. The molecular weight excluding hydrogens is 228 g/mol. The summed E-state index contributed by atoms with van der Waals surface area (Å²) in [5.74, 6) is 0.937. The highest BCUT2D eigenvalue weighted by Gasteiger charge is 2.19. The number of ether oxygens (including phenoxy) is 2. The second-order valence-corrected chi connectivity index (χ2v) is 4.53. The largest absolute Gasteiger partial charge is 0.491 e. The van der Waals surface area contributed by atoms with Gasteiger partial charge in [-0.2, -0.15) is 0 Å². The molecular formula is C14H22N2O2. The van der Waals surface area contributed by atoms with Gasteiger partial charge in [0, 0.05) is 26.3 Å². The summed E-state index contributed by atoms with van der Waals surface area (Å²) < 4.78 is 10.9. The van der Waals surface area contributed by atoms with Crippen molar-refractivity contribution in [2.24, 2.45) is 0 Å². The quantitative estimate of drug-likeness (QED) is 0.814. The highest BCUT2D eigenvalue weighted by molar-refractivity contribution is 5.77. The first-order chi connectivity index (χ1) is 8.85. The Balaban J connectivity index is 2.04.